The Morgan fingerprint density at radius 3 is 2.42 bits per heavy atom. The lowest BCUT2D eigenvalue weighted by atomic mass is 10.2. The summed E-state index contributed by atoms with van der Waals surface area (Å²) in [6.07, 6.45) is 0. The number of hydrogen-bond acceptors (Lipinski definition) is 4. The summed E-state index contributed by atoms with van der Waals surface area (Å²) in [5.74, 6) is -0.0125. The summed E-state index contributed by atoms with van der Waals surface area (Å²) in [6.45, 7) is 2.17. The van der Waals surface area contributed by atoms with Gasteiger partial charge >= 0.3 is 0 Å². The number of anilines is 1. The highest BCUT2D eigenvalue weighted by atomic mass is 35.5. The number of carbonyl (C=O) groups excluding carboxylic acids is 1. The Hall–Kier alpha value is -2.09. The Balaban J connectivity index is 2.37. The zero-order chi connectivity index (χ0) is 17.7. The molecule has 0 aliphatic carbocycles. The van der Waals surface area contributed by atoms with Gasteiger partial charge in [0.15, 0.2) is 0 Å². The molecule has 0 atom stereocenters. The minimum atomic E-state index is -3.63. The van der Waals surface area contributed by atoms with Crippen LogP contribution in [0, 0.1) is 0 Å². The monoisotopic (exact) mass is 368 g/mol. The van der Waals surface area contributed by atoms with E-state index >= 15 is 0 Å². The van der Waals surface area contributed by atoms with E-state index in [-0.39, 0.29) is 10.6 Å². The Kier molecular flexibility index (Phi) is 5.82. The van der Waals surface area contributed by atoms with Crippen molar-refractivity contribution in [1.29, 1.82) is 0 Å². The largest absolute Gasteiger partial charge is 0.492 e. The van der Waals surface area contributed by atoms with Crippen LogP contribution in [0.5, 0.6) is 5.75 Å². The maximum Gasteiger partial charge on any atom is 0.255 e. The zero-order valence-corrected chi connectivity index (χ0v) is 14.7. The fourth-order valence-corrected chi connectivity index (χ4v) is 2.85. The normalized spacial score (nSPS) is 11.1. The third-order valence-electron chi connectivity index (χ3n) is 3.18. The summed E-state index contributed by atoms with van der Waals surface area (Å²) in [6, 6.07) is 10.6. The molecule has 6 nitrogen and oxygen atoms in total. The van der Waals surface area contributed by atoms with Crippen molar-refractivity contribution in [1.82, 2.24) is 4.72 Å². The number of hydrogen-bond donors (Lipinski definition) is 2. The molecule has 2 aromatic rings. The lowest BCUT2D eigenvalue weighted by Gasteiger charge is -2.13. The molecule has 8 heteroatoms. The van der Waals surface area contributed by atoms with Gasteiger partial charge in [-0.05, 0) is 56.4 Å². The molecule has 0 heterocycles. The molecule has 0 spiro atoms. The van der Waals surface area contributed by atoms with Gasteiger partial charge in [0.1, 0.15) is 5.75 Å². The summed E-state index contributed by atoms with van der Waals surface area (Å²) in [4.78, 5) is 12.4. The van der Waals surface area contributed by atoms with E-state index in [1.54, 1.807) is 31.2 Å². The van der Waals surface area contributed by atoms with Gasteiger partial charge in [0.2, 0.25) is 10.0 Å². The highest BCUT2D eigenvalue weighted by molar-refractivity contribution is 7.89. The number of sulfonamides is 1. The van der Waals surface area contributed by atoms with E-state index in [0.29, 0.717) is 22.9 Å². The Labute approximate surface area is 145 Å². The second-order valence-electron chi connectivity index (χ2n) is 4.76. The molecule has 24 heavy (non-hydrogen) atoms. The first kappa shape index (κ1) is 18.3. The third-order valence-corrected chi connectivity index (χ3v) is 4.85. The van der Waals surface area contributed by atoms with Crippen LogP contribution >= 0.6 is 11.6 Å². The predicted molar refractivity (Wildman–Crippen MR) is 93.3 cm³/mol. The van der Waals surface area contributed by atoms with E-state index in [0.717, 1.165) is 0 Å². The molecule has 0 aromatic heterocycles. The van der Waals surface area contributed by atoms with Crippen LogP contribution < -0.4 is 14.8 Å². The minimum absolute atomic E-state index is 0.0276. The molecule has 0 radical (unpaired) electrons. The zero-order valence-electron chi connectivity index (χ0n) is 13.2. The number of benzene rings is 2. The summed E-state index contributed by atoms with van der Waals surface area (Å²) < 4.78 is 31.5. The molecule has 0 saturated heterocycles. The lowest BCUT2D eigenvalue weighted by Crippen LogP contribution is -2.19. The summed E-state index contributed by atoms with van der Waals surface area (Å²) in [5.41, 5.74) is 0.664. The highest BCUT2D eigenvalue weighted by Crippen LogP contribution is 2.28. The van der Waals surface area contributed by atoms with Gasteiger partial charge in [-0.1, -0.05) is 11.6 Å². The SMILES string of the molecule is CCOc1ccc(S(=O)(=O)NC)cc1NC(=O)c1ccc(Cl)cc1. The number of nitrogens with one attached hydrogen (secondary N) is 2. The molecular weight excluding hydrogens is 352 g/mol. The summed E-state index contributed by atoms with van der Waals surface area (Å²) >= 11 is 5.80. The predicted octanol–water partition coefficient (Wildman–Crippen LogP) is 2.90. The average molecular weight is 369 g/mol. The standard InChI is InChI=1S/C16H17ClN2O4S/c1-3-23-15-9-8-13(24(21,22)18-2)10-14(15)19-16(20)11-4-6-12(17)7-5-11/h4-10,18H,3H2,1-2H3,(H,19,20). The Morgan fingerprint density at radius 1 is 1.17 bits per heavy atom. The number of carbonyl (C=O) groups is 1. The van der Waals surface area contributed by atoms with Crippen LogP contribution in [0.3, 0.4) is 0 Å². The average Bonchev–Trinajstić information content (AvgIpc) is 2.57. The van der Waals surface area contributed by atoms with Crippen molar-refractivity contribution >= 4 is 33.2 Å². The highest BCUT2D eigenvalue weighted by Gasteiger charge is 2.16. The maximum absolute atomic E-state index is 12.3. The minimum Gasteiger partial charge on any atom is -0.492 e. The first-order chi connectivity index (χ1) is 11.4. The van der Waals surface area contributed by atoms with E-state index in [2.05, 4.69) is 10.0 Å². The number of amides is 1. The van der Waals surface area contributed by atoms with Gasteiger partial charge in [0.05, 0.1) is 17.2 Å². The Bertz CT molecular complexity index is 836. The van der Waals surface area contributed by atoms with E-state index in [1.165, 1.54) is 25.2 Å². The van der Waals surface area contributed by atoms with E-state index < -0.39 is 15.9 Å². The smallest absolute Gasteiger partial charge is 0.255 e. The second kappa shape index (κ2) is 7.65. The van der Waals surface area contributed by atoms with Gasteiger partial charge < -0.3 is 10.1 Å². The number of ether oxygens (including phenoxy) is 1. The third kappa shape index (κ3) is 4.25. The van der Waals surface area contributed by atoms with Crippen molar-refractivity contribution in [2.24, 2.45) is 0 Å². The number of rotatable bonds is 6. The molecule has 2 rings (SSSR count). The van der Waals surface area contributed by atoms with Gasteiger partial charge in [0.25, 0.3) is 5.91 Å². The van der Waals surface area contributed by atoms with Gasteiger partial charge in [-0.2, -0.15) is 0 Å². The van der Waals surface area contributed by atoms with Gasteiger partial charge in [-0.3, -0.25) is 4.79 Å². The van der Waals surface area contributed by atoms with Crippen LogP contribution in [0.1, 0.15) is 17.3 Å². The molecule has 2 aromatic carbocycles. The van der Waals surface area contributed by atoms with Crippen LogP contribution in [0.4, 0.5) is 5.69 Å². The van der Waals surface area contributed by atoms with Crippen molar-refractivity contribution < 1.29 is 17.9 Å². The molecule has 0 aliphatic heterocycles. The van der Waals surface area contributed by atoms with E-state index in [9.17, 15) is 13.2 Å². The van der Waals surface area contributed by atoms with E-state index in [1.807, 2.05) is 0 Å². The molecular formula is C16H17ClN2O4S. The fraction of sp³-hybridized carbons (Fsp3) is 0.188. The summed E-state index contributed by atoms with van der Waals surface area (Å²) in [5, 5.41) is 3.19. The van der Waals surface area contributed by atoms with Crippen molar-refractivity contribution in [3.05, 3.63) is 53.1 Å². The second-order valence-corrected chi connectivity index (χ2v) is 7.08. The van der Waals surface area contributed by atoms with Crippen LogP contribution in [0.2, 0.25) is 5.02 Å². The molecule has 128 valence electrons. The molecule has 0 bridgehead atoms. The first-order valence-corrected chi connectivity index (χ1v) is 9.01. The van der Waals surface area contributed by atoms with Gasteiger partial charge in [-0.15, -0.1) is 0 Å². The first-order valence-electron chi connectivity index (χ1n) is 7.14. The van der Waals surface area contributed by atoms with Crippen LogP contribution in [-0.2, 0) is 10.0 Å². The van der Waals surface area contributed by atoms with Gasteiger partial charge in [0, 0.05) is 10.6 Å². The van der Waals surface area contributed by atoms with Crippen LogP contribution in [0.15, 0.2) is 47.4 Å². The van der Waals surface area contributed by atoms with Crippen molar-refractivity contribution in [2.45, 2.75) is 11.8 Å². The molecule has 0 fully saturated rings. The van der Waals surface area contributed by atoms with Crippen molar-refractivity contribution in [2.75, 3.05) is 19.0 Å². The number of halogens is 1. The van der Waals surface area contributed by atoms with E-state index in [4.69, 9.17) is 16.3 Å². The fourth-order valence-electron chi connectivity index (χ4n) is 1.97. The molecule has 2 N–H and O–H groups in total. The molecule has 0 aliphatic rings. The van der Waals surface area contributed by atoms with Crippen molar-refractivity contribution in [3.63, 3.8) is 0 Å². The van der Waals surface area contributed by atoms with Gasteiger partial charge in [-0.25, -0.2) is 13.1 Å². The molecule has 0 unspecified atom stereocenters. The molecule has 0 saturated carbocycles. The topological polar surface area (TPSA) is 84.5 Å². The lowest BCUT2D eigenvalue weighted by molar-refractivity contribution is 0.102. The quantitative estimate of drug-likeness (QED) is 0.821. The Morgan fingerprint density at radius 2 is 1.83 bits per heavy atom. The van der Waals surface area contributed by atoms with Crippen LogP contribution in [-0.4, -0.2) is 28.0 Å². The molecule has 1 amide bonds. The summed E-state index contributed by atoms with van der Waals surface area (Å²) in [7, 11) is -2.32. The van der Waals surface area contributed by atoms with Crippen molar-refractivity contribution in [3.8, 4) is 5.75 Å². The van der Waals surface area contributed by atoms with Crippen LogP contribution in [0.25, 0.3) is 0 Å². The maximum atomic E-state index is 12.3.